The van der Waals surface area contributed by atoms with Gasteiger partial charge in [0.25, 0.3) is 5.56 Å². The molecule has 0 saturated heterocycles. The van der Waals surface area contributed by atoms with Crippen molar-refractivity contribution < 1.29 is 4.74 Å². The number of rotatable bonds is 1. The van der Waals surface area contributed by atoms with Crippen molar-refractivity contribution in [3.8, 4) is 0 Å². The van der Waals surface area contributed by atoms with Crippen LogP contribution in [0.15, 0.2) is 4.79 Å². The predicted octanol–water partition coefficient (Wildman–Crippen LogP) is 0.830. The number of fused-ring (bicyclic) bond motifs is 1. The zero-order chi connectivity index (χ0) is 9.42. The van der Waals surface area contributed by atoms with Gasteiger partial charge < -0.3 is 4.74 Å². The number of hydrogen-bond donors (Lipinski definition) is 1. The number of nitrogens with one attached hydrogen (secondary N) is 1. The van der Waals surface area contributed by atoms with Gasteiger partial charge >= 0.3 is 0 Å². The van der Waals surface area contributed by atoms with Crippen molar-refractivity contribution in [3.05, 3.63) is 21.6 Å². The van der Waals surface area contributed by atoms with E-state index in [9.17, 15) is 4.79 Å². The molecule has 1 aliphatic rings. The Kier molecular flexibility index (Phi) is 2.00. The molecule has 0 fully saturated rings. The first-order chi connectivity index (χ1) is 6.20. The molecule has 4 heteroatoms. The van der Waals surface area contributed by atoms with Gasteiger partial charge in [-0.2, -0.15) is 0 Å². The molecule has 13 heavy (non-hydrogen) atoms. The van der Waals surface area contributed by atoms with Gasteiger partial charge in [-0.1, -0.05) is 0 Å². The van der Waals surface area contributed by atoms with Crippen LogP contribution in [0.2, 0.25) is 0 Å². The summed E-state index contributed by atoms with van der Waals surface area (Å²) in [5.41, 5.74) is 1.97. The van der Waals surface area contributed by atoms with Crippen LogP contribution < -0.4 is 5.56 Å². The molecule has 1 aromatic heterocycles. The lowest BCUT2D eigenvalue weighted by molar-refractivity contribution is 0.107. The molecular weight excluding hydrogens is 168 g/mol. The fraction of sp³-hybridized carbons (Fsp3) is 0.667. The maximum Gasteiger partial charge on any atom is 0.270 e. The summed E-state index contributed by atoms with van der Waals surface area (Å²) in [6, 6.07) is 0.193. The lowest BCUT2D eigenvalue weighted by atomic mass is 10.1. The molecule has 0 amide bonds. The maximum absolute atomic E-state index is 11.7. The molecule has 4 nitrogen and oxygen atoms in total. The highest BCUT2D eigenvalue weighted by Gasteiger charge is 2.18. The van der Waals surface area contributed by atoms with E-state index in [0.29, 0.717) is 13.2 Å². The van der Waals surface area contributed by atoms with Gasteiger partial charge in [0.1, 0.15) is 0 Å². The molecule has 72 valence electrons. The monoisotopic (exact) mass is 182 g/mol. The van der Waals surface area contributed by atoms with E-state index in [1.54, 1.807) is 4.68 Å². The van der Waals surface area contributed by atoms with E-state index >= 15 is 0 Å². The van der Waals surface area contributed by atoms with Crippen molar-refractivity contribution in [2.24, 2.45) is 0 Å². The molecule has 0 aliphatic carbocycles. The Morgan fingerprint density at radius 2 is 2.31 bits per heavy atom. The normalized spacial score (nSPS) is 16.2. The number of aromatic amines is 1. The molecule has 2 rings (SSSR count). The number of hydrogen-bond acceptors (Lipinski definition) is 2. The highest BCUT2D eigenvalue weighted by Crippen LogP contribution is 2.12. The molecule has 1 N–H and O–H groups in total. The smallest absolute Gasteiger partial charge is 0.270 e. The van der Waals surface area contributed by atoms with E-state index in [0.717, 1.165) is 17.7 Å². The topological polar surface area (TPSA) is 47.0 Å². The van der Waals surface area contributed by atoms with E-state index < -0.39 is 0 Å². The summed E-state index contributed by atoms with van der Waals surface area (Å²) in [5.74, 6) is 0. The van der Waals surface area contributed by atoms with Gasteiger partial charge in [0, 0.05) is 18.0 Å². The third kappa shape index (κ3) is 1.31. The molecule has 1 aliphatic heterocycles. The lowest BCUT2D eigenvalue weighted by Gasteiger charge is -2.09. The van der Waals surface area contributed by atoms with Crippen LogP contribution in [-0.2, 0) is 17.8 Å². The Balaban J connectivity index is 2.51. The van der Waals surface area contributed by atoms with Crippen molar-refractivity contribution >= 4 is 0 Å². The molecule has 1 aromatic rings. The molecule has 0 atom stereocenters. The average Bonchev–Trinajstić information content (AvgIpc) is 2.45. The summed E-state index contributed by atoms with van der Waals surface area (Å²) >= 11 is 0. The average molecular weight is 182 g/mol. The largest absolute Gasteiger partial charge is 0.375 e. The zero-order valence-corrected chi connectivity index (χ0v) is 7.96. The second-order valence-corrected chi connectivity index (χ2v) is 3.64. The minimum atomic E-state index is 0.119. The van der Waals surface area contributed by atoms with Crippen LogP contribution in [0.3, 0.4) is 0 Å². The fourth-order valence-corrected chi connectivity index (χ4v) is 1.63. The van der Waals surface area contributed by atoms with Gasteiger partial charge in [0.15, 0.2) is 0 Å². The second-order valence-electron chi connectivity index (χ2n) is 3.64. The third-order valence-electron chi connectivity index (χ3n) is 2.36. The number of aromatic nitrogens is 2. The summed E-state index contributed by atoms with van der Waals surface area (Å²) in [7, 11) is 0. The molecule has 0 saturated carbocycles. The number of ether oxygens (including phenoxy) is 1. The van der Waals surface area contributed by atoms with E-state index in [1.165, 1.54) is 0 Å². The van der Waals surface area contributed by atoms with E-state index in [-0.39, 0.29) is 11.6 Å². The second kappa shape index (κ2) is 3.03. The summed E-state index contributed by atoms with van der Waals surface area (Å²) in [5, 5.41) is 3.08. The van der Waals surface area contributed by atoms with Crippen molar-refractivity contribution in [1.29, 1.82) is 0 Å². The highest BCUT2D eigenvalue weighted by atomic mass is 16.5. The van der Waals surface area contributed by atoms with Crippen LogP contribution in [0.5, 0.6) is 0 Å². The van der Waals surface area contributed by atoms with Crippen LogP contribution in [0.25, 0.3) is 0 Å². The summed E-state index contributed by atoms with van der Waals surface area (Å²) < 4.78 is 6.93. The highest BCUT2D eigenvalue weighted by molar-refractivity contribution is 5.18. The lowest BCUT2D eigenvalue weighted by Crippen LogP contribution is -2.22. The summed E-state index contributed by atoms with van der Waals surface area (Å²) in [6.45, 7) is 5.19. The minimum absolute atomic E-state index is 0.119. The van der Waals surface area contributed by atoms with Gasteiger partial charge in [-0.15, -0.1) is 0 Å². The Morgan fingerprint density at radius 3 is 2.92 bits per heavy atom. The minimum Gasteiger partial charge on any atom is -0.375 e. The summed E-state index contributed by atoms with van der Waals surface area (Å²) in [6.07, 6.45) is 0.740. The first-order valence-electron chi connectivity index (χ1n) is 4.60. The molecule has 0 bridgehead atoms. The van der Waals surface area contributed by atoms with Crippen molar-refractivity contribution in [2.75, 3.05) is 6.61 Å². The molecule has 0 spiro atoms. The number of nitrogens with zero attached hydrogens (tertiary/aromatic N) is 1. The Labute approximate surface area is 76.5 Å². The SMILES string of the molecule is CC(C)n1[nH]c2c(c1=O)CCOC2. The van der Waals surface area contributed by atoms with Gasteiger partial charge in [0.05, 0.1) is 18.9 Å². The van der Waals surface area contributed by atoms with Gasteiger partial charge in [-0.25, -0.2) is 0 Å². The Bertz CT molecular complexity index is 362. The van der Waals surface area contributed by atoms with E-state index in [4.69, 9.17) is 4.74 Å². The third-order valence-corrected chi connectivity index (χ3v) is 2.36. The van der Waals surface area contributed by atoms with Crippen LogP contribution in [-0.4, -0.2) is 16.4 Å². The van der Waals surface area contributed by atoms with Crippen LogP contribution >= 0.6 is 0 Å². The van der Waals surface area contributed by atoms with Crippen LogP contribution in [0, 0.1) is 0 Å². The maximum atomic E-state index is 11.7. The Morgan fingerprint density at radius 1 is 1.54 bits per heavy atom. The van der Waals surface area contributed by atoms with Crippen LogP contribution in [0.1, 0.15) is 31.1 Å². The fourth-order valence-electron chi connectivity index (χ4n) is 1.63. The molecule has 0 radical (unpaired) electrons. The first-order valence-corrected chi connectivity index (χ1v) is 4.60. The van der Waals surface area contributed by atoms with Crippen molar-refractivity contribution in [1.82, 2.24) is 9.78 Å². The zero-order valence-electron chi connectivity index (χ0n) is 7.96. The number of H-pyrrole nitrogens is 1. The molecular formula is C9H14N2O2. The Hall–Kier alpha value is -1.03. The first kappa shape index (κ1) is 8.56. The molecule has 2 heterocycles. The predicted molar refractivity (Wildman–Crippen MR) is 48.8 cm³/mol. The molecule has 0 aromatic carbocycles. The van der Waals surface area contributed by atoms with Gasteiger partial charge in [0.2, 0.25) is 0 Å². The molecule has 0 unspecified atom stereocenters. The van der Waals surface area contributed by atoms with E-state index in [2.05, 4.69) is 5.10 Å². The standard InChI is InChI=1S/C9H14N2O2/c1-6(2)11-9(12)7-3-4-13-5-8(7)10-11/h6,10H,3-5H2,1-2H3. The van der Waals surface area contributed by atoms with Gasteiger partial charge in [-0.05, 0) is 13.8 Å². The van der Waals surface area contributed by atoms with Crippen molar-refractivity contribution in [2.45, 2.75) is 32.9 Å². The van der Waals surface area contributed by atoms with E-state index in [1.807, 2.05) is 13.8 Å². The quantitative estimate of drug-likeness (QED) is 0.699. The van der Waals surface area contributed by atoms with Gasteiger partial charge in [-0.3, -0.25) is 14.6 Å². The summed E-state index contributed by atoms with van der Waals surface area (Å²) in [4.78, 5) is 11.7. The van der Waals surface area contributed by atoms with Crippen molar-refractivity contribution in [3.63, 3.8) is 0 Å². The van der Waals surface area contributed by atoms with Crippen LogP contribution in [0.4, 0.5) is 0 Å².